The number of carbonyl (C=O) groups is 2. The molecule has 1 aromatic carbocycles. The molecule has 3 rings (SSSR count). The van der Waals surface area contributed by atoms with Gasteiger partial charge in [-0.3, -0.25) is 14.6 Å². The number of halogens is 1. The molecule has 0 bridgehead atoms. The van der Waals surface area contributed by atoms with Gasteiger partial charge in [0.15, 0.2) is 0 Å². The van der Waals surface area contributed by atoms with Crippen molar-refractivity contribution in [3.63, 3.8) is 0 Å². The number of rotatable bonds is 6. The lowest BCUT2D eigenvalue weighted by molar-refractivity contribution is -0.156. The molecule has 0 aliphatic carbocycles. The SMILES string of the molecule is CC(C)[C@@H](NC(=O)C=Cc1ccccn1)C(=O)N1CC[C@](O)(c2ccc(Cl)cc2)C(C)(C)C1. The zero-order chi connectivity index (χ0) is 24.2. The fourth-order valence-corrected chi connectivity index (χ4v) is 4.44. The third-order valence-corrected chi connectivity index (χ3v) is 6.66. The number of likely N-dealkylation sites (tertiary alicyclic amines) is 1. The maximum Gasteiger partial charge on any atom is 0.245 e. The summed E-state index contributed by atoms with van der Waals surface area (Å²) in [4.78, 5) is 31.8. The van der Waals surface area contributed by atoms with Crippen molar-refractivity contribution in [1.29, 1.82) is 0 Å². The molecule has 1 aliphatic rings. The first kappa shape index (κ1) is 24.9. The summed E-state index contributed by atoms with van der Waals surface area (Å²) in [5, 5.41) is 15.0. The Balaban J connectivity index is 1.71. The van der Waals surface area contributed by atoms with Gasteiger partial charge in [-0.25, -0.2) is 0 Å². The molecule has 33 heavy (non-hydrogen) atoms. The molecule has 0 radical (unpaired) electrons. The zero-order valence-corrected chi connectivity index (χ0v) is 20.3. The van der Waals surface area contributed by atoms with Gasteiger partial charge in [-0.2, -0.15) is 0 Å². The number of amides is 2. The summed E-state index contributed by atoms with van der Waals surface area (Å²) >= 11 is 6.02. The van der Waals surface area contributed by atoms with E-state index in [1.807, 2.05) is 45.9 Å². The van der Waals surface area contributed by atoms with E-state index in [9.17, 15) is 14.7 Å². The maximum absolute atomic E-state index is 13.4. The van der Waals surface area contributed by atoms with Crippen molar-refractivity contribution in [2.45, 2.75) is 45.8 Å². The van der Waals surface area contributed by atoms with Gasteiger partial charge < -0.3 is 15.3 Å². The van der Waals surface area contributed by atoms with Gasteiger partial charge >= 0.3 is 0 Å². The van der Waals surface area contributed by atoms with Gasteiger partial charge in [-0.1, -0.05) is 57.5 Å². The van der Waals surface area contributed by atoms with Crippen LogP contribution in [0.4, 0.5) is 0 Å². The van der Waals surface area contributed by atoms with Crippen LogP contribution in [0.2, 0.25) is 5.02 Å². The normalized spacial score (nSPS) is 21.2. The molecule has 1 saturated heterocycles. The molecule has 2 atom stereocenters. The van der Waals surface area contributed by atoms with Crippen LogP contribution in [-0.4, -0.2) is 45.9 Å². The predicted molar refractivity (Wildman–Crippen MR) is 130 cm³/mol. The molecule has 0 unspecified atom stereocenters. The molecule has 2 aromatic rings. The van der Waals surface area contributed by atoms with Crippen molar-refractivity contribution in [2.24, 2.45) is 11.3 Å². The Kier molecular flexibility index (Phi) is 7.60. The number of benzene rings is 1. The van der Waals surface area contributed by atoms with Crippen molar-refractivity contribution in [3.05, 3.63) is 71.0 Å². The van der Waals surface area contributed by atoms with Gasteiger partial charge in [0, 0.05) is 35.8 Å². The second-order valence-electron chi connectivity index (χ2n) is 9.58. The molecule has 2 amide bonds. The summed E-state index contributed by atoms with van der Waals surface area (Å²) in [5.41, 5.74) is -0.230. The summed E-state index contributed by atoms with van der Waals surface area (Å²) in [6.07, 6.45) is 5.06. The Morgan fingerprint density at radius 3 is 2.45 bits per heavy atom. The molecule has 1 fully saturated rings. The van der Waals surface area contributed by atoms with Crippen LogP contribution in [-0.2, 0) is 15.2 Å². The lowest BCUT2D eigenvalue weighted by atomic mass is 9.66. The van der Waals surface area contributed by atoms with E-state index in [4.69, 9.17) is 11.6 Å². The first-order valence-electron chi connectivity index (χ1n) is 11.2. The van der Waals surface area contributed by atoms with E-state index in [1.54, 1.807) is 41.4 Å². The summed E-state index contributed by atoms with van der Waals surface area (Å²) in [5.74, 6) is -0.581. The number of piperidine rings is 1. The number of nitrogens with one attached hydrogen (secondary N) is 1. The first-order valence-corrected chi connectivity index (χ1v) is 11.6. The number of aromatic nitrogens is 1. The van der Waals surface area contributed by atoms with Crippen molar-refractivity contribution in [1.82, 2.24) is 15.2 Å². The minimum absolute atomic E-state index is 0.0927. The Hall–Kier alpha value is -2.70. The maximum atomic E-state index is 13.4. The van der Waals surface area contributed by atoms with Gasteiger partial charge in [-0.05, 0) is 48.2 Å². The summed E-state index contributed by atoms with van der Waals surface area (Å²) in [7, 11) is 0. The lowest BCUT2D eigenvalue weighted by Crippen LogP contribution is -2.60. The van der Waals surface area contributed by atoms with Crippen LogP contribution >= 0.6 is 11.6 Å². The molecule has 2 heterocycles. The fourth-order valence-electron chi connectivity index (χ4n) is 4.32. The Morgan fingerprint density at radius 2 is 1.88 bits per heavy atom. The van der Waals surface area contributed by atoms with Crippen LogP contribution in [0, 0.1) is 11.3 Å². The third kappa shape index (κ3) is 5.63. The van der Waals surface area contributed by atoms with Gasteiger partial charge in [-0.15, -0.1) is 0 Å². The van der Waals surface area contributed by atoms with E-state index in [1.165, 1.54) is 6.08 Å². The average Bonchev–Trinajstić information content (AvgIpc) is 2.78. The molecule has 0 saturated carbocycles. The van der Waals surface area contributed by atoms with E-state index in [2.05, 4.69) is 10.3 Å². The van der Waals surface area contributed by atoms with Crippen molar-refractivity contribution >= 4 is 29.5 Å². The van der Waals surface area contributed by atoms with Crippen LogP contribution in [0.1, 0.15) is 45.4 Å². The average molecular weight is 470 g/mol. The number of pyridine rings is 1. The van der Waals surface area contributed by atoms with Crippen molar-refractivity contribution in [3.8, 4) is 0 Å². The van der Waals surface area contributed by atoms with Gasteiger partial charge in [0.2, 0.25) is 11.8 Å². The smallest absolute Gasteiger partial charge is 0.245 e. The topological polar surface area (TPSA) is 82.5 Å². The van der Waals surface area contributed by atoms with Crippen LogP contribution in [0.5, 0.6) is 0 Å². The highest BCUT2D eigenvalue weighted by molar-refractivity contribution is 6.30. The number of aliphatic hydroxyl groups is 1. The summed E-state index contributed by atoms with van der Waals surface area (Å²) in [6.45, 7) is 8.49. The first-order chi connectivity index (χ1) is 15.5. The molecule has 7 heteroatoms. The zero-order valence-electron chi connectivity index (χ0n) is 19.6. The van der Waals surface area contributed by atoms with Crippen LogP contribution in [0.3, 0.4) is 0 Å². The Labute approximate surface area is 200 Å². The predicted octanol–water partition coefficient (Wildman–Crippen LogP) is 4.04. The van der Waals surface area contributed by atoms with E-state index in [0.29, 0.717) is 30.2 Å². The lowest BCUT2D eigenvalue weighted by Gasteiger charge is -2.51. The van der Waals surface area contributed by atoms with Crippen molar-refractivity contribution < 1.29 is 14.7 Å². The number of nitrogens with zero attached hydrogens (tertiary/aromatic N) is 2. The van der Waals surface area contributed by atoms with Gasteiger partial charge in [0.25, 0.3) is 0 Å². The quantitative estimate of drug-likeness (QED) is 0.625. The van der Waals surface area contributed by atoms with E-state index in [-0.39, 0.29) is 17.7 Å². The van der Waals surface area contributed by atoms with Crippen LogP contribution in [0.25, 0.3) is 6.08 Å². The summed E-state index contributed by atoms with van der Waals surface area (Å²) in [6, 6.07) is 12.0. The second-order valence-corrected chi connectivity index (χ2v) is 10.0. The number of hydrogen-bond acceptors (Lipinski definition) is 4. The van der Waals surface area contributed by atoms with Gasteiger partial charge in [0.05, 0.1) is 11.3 Å². The second kappa shape index (κ2) is 10.1. The standard InChI is InChI=1S/C26H32ClN3O3/c1-18(2)23(29-22(31)13-12-21-7-5-6-15-28-21)24(32)30-16-14-26(33,25(3,4)17-30)19-8-10-20(27)11-9-19/h5-13,15,18,23,33H,14,16-17H2,1-4H3,(H,29,31)/t23-,26+/m1/s1. The van der Waals surface area contributed by atoms with Crippen LogP contribution in [0.15, 0.2) is 54.7 Å². The molecular weight excluding hydrogens is 438 g/mol. The highest BCUT2D eigenvalue weighted by Gasteiger charge is 2.50. The largest absolute Gasteiger partial charge is 0.384 e. The van der Waals surface area contributed by atoms with E-state index >= 15 is 0 Å². The molecule has 176 valence electrons. The third-order valence-electron chi connectivity index (χ3n) is 6.41. The molecule has 1 aliphatic heterocycles. The minimum Gasteiger partial charge on any atom is -0.384 e. The number of carbonyl (C=O) groups excluding carboxylic acids is 2. The van der Waals surface area contributed by atoms with Crippen molar-refractivity contribution in [2.75, 3.05) is 13.1 Å². The summed E-state index contributed by atoms with van der Waals surface area (Å²) < 4.78 is 0. The molecule has 2 N–H and O–H groups in total. The van der Waals surface area contributed by atoms with E-state index in [0.717, 1.165) is 5.56 Å². The number of hydrogen-bond donors (Lipinski definition) is 2. The Bertz CT molecular complexity index is 1010. The minimum atomic E-state index is -1.09. The monoisotopic (exact) mass is 469 g/mol. The van der Waals surface area contributed by atoms with Gasteiger partial charge in [0.1, 0.15) is 6.04 Å². The fraction of sp³-hybridized carbons (Fsp3) is 0.423. The molecule has 1 aromatic heterocycles. The molecule has 6 nitrogen and oxygen atoms in total. The molecule has 0 spiro atoms. The highest BCUT2D eigenvalue weighted by atomic mass is 35.5. The van der Waals surface area contributed by atoms with Crippen LogP contribution < -0.4 is 5.32 Å². The molecular formula is C26H32ClN3O3. The Morgan fingerprint density at radius 1 is 1.18 bits per heavy atom. The highest BCUT2D eigenvalue weighted by Crippen LogP contribution is 2.46. The van der Waals surface area contributed by atoms with E-state index < -0.39 is 17.1 Å².